The molecule has 6 heteroatoms. The molecule has 104 valence electrons. The number of rotatable bonds is 4. The smallest absolute Gasteiger partial charge is 0.423 e. The lowest BCUT2D eigenvalue weighted by molar-refractivity contribution is 0.385. The highest BCUT2D eigenvalue weighted by molar-refractivity contribution is 6.58. The molecule has 0 radical (unpaired) electrons. The van der Waals surface area contributed by atoms with Crippen LogP contribution in [0, 0.1) is 0 Å². The highest BCUT2D eigenvalue weighted by Gasteiger charge is 2.13. The van der Waals surface area contributed by atoms with E-state index in [0.29, 0.717) is 23.6 Å². The summed E-state index contributed by atoms with van der Waals surface area (Å²) in [7, 11) is -1.47. The Bertz CT molecular complexity index is 711. The van der Waals surface area contributed by atoms with Crippen LogP contribution in [-0.2, 0) is 6.42 Å². The Morgan fingerprint density at radius 3 is 2.33 bits per heavy atom. The molecule has 0 saturated heterocycles. The van der Waals surface area contributed by atoms with E-state index in [1.165, 1.54) is 0 Å². The molecule has 1 heterocycles. The van der Waals surface area contributed by atoms with Gasteiger partial charge in [-0.3, -0.25) is 0 Å². The largest absolute Gasteiger partial charge is 0.488 e. The van der Waals surface area contributed by atoms with Crippen LogP contribution in [0.5, 0.6) is 0 Å². The van der Waals surface area contributed by atoms with E-state index < -0.39 is 7.12 Å². The Labute approximate surface area is 122 Å². The van der Waals surface area contributed by atoms with Crippen molar-refractivity contribution in [3.8, 4) is 11.4 Å². The van der Waals surface area contributed by atoms with Crippen molar-refractivity contribution in [1.82, 2.24) is 10.1 Å². The summed E-state index contributed by atoms with van der Waals surface area (Å²) in [5.74, 6) is 1.03. The number of hydrogen-bond acceptors (Lipinski definition) is 5. The Balaban J connectivity index is 1.78. The fourth-order valence-electron chi connectivity index (χ4n) is 2.02. The van der Waals surface area contributed by atoms with Crippen molar-refractivity contribution < 1.29 is 14.6 Å². The molecule has 2 aromatic carbocycles. The van der Waals surface area contributed by atoms with Gasteiger partial charge in [-0.2, -0.15) is 4.98 Å². The minimum Gasteiger partial charge on any atom is -0.423 e. The Morgan fingerprint density at radius 2 is 1.67 bits per heavy atom. The van der Waals surface area contributed by atoms with Crippen LogP contribution in [0.25, 0.3) is 11.4 Å². The fraction of sp³-hybridized carbons (Fsp3) is 0.0667. The van der Waals surface area contributed by atoms with E-state index in [-0.39, 0.29) is 0 Å². The summed E-state index contributed by atoms with van der Waals surface area (Å²) in [4.78, 5) is 4.35. The first-order valence-corrected chi connectivity index (χ1v) is 6.55. The van der Waals surface area contributed by atoms with Gasteiger partial charge in [-0.05, 0) is 11.0 Å². The third-order valence-electron chi connectivity index (χ3n) is 3.13. The number of hydrogen-bond donors (Lipinski definition) is 2. The van der Waals surface area contributed by atoms with Gasteiger partial charge in [0.1, 0.15) is 0 Å². The summed E-state index contributed by atoms with van der Waals surface area (Å²) in [6, 6.07) is 16.6. The van der Waals surface area contributed by atoms with Gasteiger partial charge in [0.05, 0.1) is 6.42 Å². The summed E-state index contributed by atoms with van der Waals surface area (Å²) in [6.45, 7) is 0. The zero-order valence-corrected chi connectivity index (χ0v) is 11.2. The molecular formula is C15H13BN2O3. The lowest BCUT2D eigenvalue weighted by Crippen LogP contribution is -2.29. The highest BCUT2D eigenvalue weighted by Crippen LogP contribution is 2.16. The molecule has 0 amide bonds. The van der Waals surface area contributed by atoms with Gasteiger partial charge in [-0.1, -0.05) is 59.8 Å². The predicted octanol–water partition coefficient (Wildman–Crippen LogP) is 1.01. The van der Waals surface area contributed by atoms with E-state index in [1.54, 1.807) is 24.3 Å². The van der Waals surface area contributed by atoms with Crippen LogP contribution < -0.4 is 5.46 Å². The maximum absolute atomic E-state index is 9.06. The second kappa shape index (κ2) is 5.91. The average Bonchev–Trinajstić information content (AvgIpc) is 2.97. The van der Waals surface area contributed by atoms with Crippen molar-refractivity contribution in [3.05, 3.63) is 66.1 Å². The van der Waals surface area contributed by atoms with Crippen LogP contribution in [0.15, 0.2) is 59.1 Å². The molecule has 2 N–H and O–H groups in total. The van der Waals surface area contributed by atoms with Crippen LogP contribution in [0.3, 0.4) is 0 Å². The van der Waals surface area contributed by atoms with Gasteiger partial charge in [0, 0.05) is 5.56 Å². The van der Waals surface area contributed by atoms with E-state index >= 15 is 0 Å². The first-order chi connectivity index (χ1) is 10.2. The lowest BCUT2D eigenvalue weighted by Gasteiger charge is -1.99. The first kappa shape index (κ1) is 13.5. The number of benzene rings is 2. The van der Waals surface area contributed by atoms with Crippen molar-refractivity contribution in [3.63, 3.8) is 0 Å². The third-order valence-corrected chi connectivity index (χ3v) is 3.13. The summed E-state index contributed by atoms with van der Waals surface area (Å²) >= 11 is 0. The molecule has 0 aliphatic carbocycles. The Morgan fingerprint density at radius 1 is 0.952 bits per heavy atom. The van der Waals surface area contributed by atoms with Crippen LogP contribution in [0.1, 0.15) is 11.5 Å². The molecular weight excluding hydrogens is 267 g/mol. The van der Waals surface area contributed by atoms with Crippen LogP contribution in [-0.4, -0.2) is 27.3 Å². The first-order valence-electron chi connectivity index (χ1n) is 6.55. The van der Waals surface area contributed by atoms with E-state index in [2.05, 4.69) is 10.1 Å². The molecule has 0 aliphatic heterocycles. The van der Waals surface area contributed by atoms with E-state index in [0.717, 1.165) is 11.1 Å². The quantitative estimate of drug-likeness (QED) is 0.697. The molecule has 3 aromatic rings. The number of nitrogens with zero attached hydrogens (tertiary/aromatic N) is 2. The summed E-state index contributed by atoms with van der Waals surface area (Å²) in [5, 5.41) is 22.1. The SMILES string of the molecule is OB(O)c1ccc(-c2noc(Cc3ccccc3)n2)cc1. The predicted molar refractivity (Wildman–Crippen MR) is 78.8 cm³/mol. The van der Waals surface area contributed by atoms with Gasteiger partial charge < -0.3 is 14.6 Å². The van der Waals surface area contributed by atoms with Crippen LogP contribution in [0.4, 0.5) is 0 Å². The lowest BCUT2D eigenvalue weighted by atomic mass is 9.80. The Kier molecular flexibility index (Phi) is 3.81. The molecule has 0 spiro atoms. The van der Waals surface area contributed by atoms with Crippen molar-refractivity contribution >= 4 is 12.6 Å². The molecule has 0 saturated carbocycles. The Hall–Kier alpha value is -2.44. The zero-order valence-electron chi connectivity index (χ0n) is 11.2. The van der Waals surface area contributed by atoms with Crippen molar-refractivity contribution in [2.24, 2.45) is 0 Å². The minimum absolute atomic E-state index is 0.423. The third kappa shape index (κ3) is 3.18. The topological polar surface area (TPSA) is 79.4 Å². The van der Waals surface area contributed by atoms with Crippen molar-refractivity contribution in [2.75, 3.05) is 0 Å². The molecule has 0 fully saturated rings. The van der Waals surface area contributed by atoms with Gasteiger partial charge in [0.15, 0.2) is 0 Å². The maximum Gasteiger partial charge on any atom is 0.488 e. The van der Waals surface area contributed by atoms with Gasteiger partial charge in [-0.25, -0.2) is 0 Å². The molecule has 3 rings (SSSR count). The van der Waals surface area contributed by atoms with E-state index in [4.69, 9.17) is 14.6 Å². The van der Waals surface area contributed by atoms with Gasteiger partial charge in [-0.15, -0.1) is 0 Å². The second-order valence-electron chi connectivity index (χ2n) is 4.67. The standard InChI is InChI=1S/C15H13BN2O3/c19-16(20)13-8-6-12(7-9-13)15-17-14(21-18-15)10-11-4-2-1-3-5-11/h1-9,19-20H,10H2. The molecule has 0 unspecified atom stereocenters. The second-order valence-corrected chi connectivity index (χ2v) is 4.67. The van der Waals surface area contributed by atoms with Gasteiger partial charge >= 0.3 is 7.12 Å². The minimum atomic E-state index is -1.47. The summed E-state index contributed by atoms with van der Waals surface area (Å²) in [6.07, 6.45) is 0.585. The number of aromatic nitrogens is 2. The van der Waals surface area contributed by atoms with E-state index in [1.807, 2.05) is 30.3 Å². The summed E-state index contributed by atoms with van der Waals surface area (Å²) < 4.78 is 5.24. The van der Waals surface area contributed by atoms with E-state index in [9.17, 15) is 0 Å². The fourth-order valence-corrected chi connectivity index (χ4v) is 2.02. The molecule has 21 heavy (non-hydrogen) atoms. The molecule has 0 aliphatic rings. The summed E-state index contributed by atoms with van der Waals surface area (Å²) in [5.41, 5.74) is 2.29. The normalized spacial score (nSPS) is 10.6. The molecule has 0 bridgehead atoms. The highest BCUT2D eigenvalue weighted by atomic mass is 16.5. The molecule has 1 aromatic heterocycles. The molecule has 0 atom stereocenters. The maximum atomic E-state index is 9.06. The van der Waals surface area contributed by atoms with Gasteiger partial charge in [0.25, 0.3) is 0 Å². The average molecular weight is 280 g/mol. The van der Waals surface area contributed by atoms with Crippen LogP contribution in [0.2, 0.25) is 0 Å². The van der Waals surface area contributed by atoms with Crippen LogP contribution >= 0.6 is 0 Å². The van der Waals surface area contributed by atoms with Crippen molar-refractivity contribution in [1.29, 1.82) is 0 Å². The monoisotopic (exact) mass is 280 g/mol. The zero-order chi connectivity index (χ0) is 14.7. The molecule has 5 nitrogen and oxygen atoms in total. The van der Waals surface area contributed by atoms with Gasteiger partial charge in [0.2, 0.25) is 11.7 Å². The van der Waals surface area contributed by atoms with Crippen molar-refractivity contribution in [2.45, 2.75) is 6.42 Å².